The topological polar surface area (TPSA) is 50.9 Å². The van der Waals surface area contributed by atoms with Crippen LogP contribution in [0.1, 0.15) is 26.1 Å². The molecule has 0 atom stereocenters. The van der Waals surface area contributed by atoms with Crippen LogP contribution in [0.3, 0.4) is 0 Å². The molecule has 0 unspecified atom stereocenters. The molecule has 1 aromatic rings. The number of aliphatic hydroxyl groups is 1. The maximum atomic E-state index is 8.99. The number of rotatable bonds is 5. The molecule has 74 valence electrons. The lowest BCUT2D eigenvalue weighted by atomic mass is 10.4. The zero-order chi connectivity index (χ0) is 9.68. The van der Waals surface area contributed by atoms with Crippen LogP contribution < -0.4 is 0 Å². The second-order valence-corrected chi connectivity index (χ2v) is 3.87. The van der Waals surface area contributed by atoms with Crippen LogP contribution in [0, 0.1) is 0 Å². The van der Waals surface area contributed by atoms with E-state index >= 15 is 0 Å². The molecular formula is C8H15N3OS. The van der Waals surface area contributed by atoms with Gasteiger partial charge in [0.05, 0.1) is 0 Å². The fourth-order valence-corrected chi connectivity index (χ4v) is 1.83. The van der Waals surface area contributed by atoms with E-state index in [4.69, 9.17) is 5.11 Å². The van der Waals surface area contributed by atoms with Crippen LogP contribution in [-0.4, -0.2) is 25.6 Å². The molecule has 0 spiro atoms. The van der Waals surface area contributed by atoms with Crippen molar-refractivity contribution in [3.8, 4) is 0 Å². The number of nitrogens with zero attached hydrogens (tertiary/aromatic N) is 3. The third kappa shape index (κ3) is 2.45. The predicted molar refractivity (Wildman–Crippen MR) is 52.6 cm³/mol. The molecule has 0 fully saturated rings. The molecular weight excluding hydrogens is 186 g/mol. The van der Waals surface area contributed by atoms with Gasteiger partial charge >= 0.3 is 0 Å². The quantitative estimate of drug-likeness (QED) is 0.729. The van der Waals surface area contributed by atoms with E-state index in [1.165, 1.54) is 0 Å². The van der Waals surface area contributed by atoms with E-state index in [0.29, 0.717) is 5.82 Å². The van der Waals surface area contributed by atoms with Gasteiger partial charge in [0, 0.05) is 6.54 Å². The van der Waals surface area contributed by atoms with Gasteiger partial charge in [0.25, 0.3) is 0 Å². The van der Waals surface area contributed by atoms with Gasteiger partial charge in [0.1, 0.15) is 6.61 Å². The SMILES string of the molecule is CCCn1c(CO)nnc1SCC. The molecule has 4 nitrogen and oxygen atoms in total. The Balaban J connectivity index is 2.85. The van der Waals surface area contributed by atoms with Crippen LogP contribution in [0.4, 0.5) is 0 Å². The zero-order valence-electron chi connectivity index (χ0n) is 8.03. The Kier molecular flexibility index (Phi) is 4.24. The van der Waals surface area contributed by atoms with E-state index in [1.54, 1.807) is 11.8 Å². The normalized spacial score (nSPS) is 10.7. The van der Waals surface area contributed by atoms with Gasteiger partial charge < -0.3 is 9.67 Å². The van der Waals surface area contributed by atoms with Gasteiger partial charge in [0.15, 0.2) is 11.0 Å². The largest absolute Gasteiger partial charge is 0.388 e. The monoisotopic (exact) mass is 201 g/mol. The number of hydrogen-bond acceptors (Lipinski definition) is 4. The van der Waals surface area contributed by atoms with Crippen molar-refractivity contribution in [2.45, 2.75) is 38.6 Å². The Hall–Kier alpha value is -0.550. The Morgan fingerprint density at radius 1 is 1.38 bits per heavy atom. The molecule has 5 heteroatoms. The third-order valence-corrected chi connectivity index (χ3v) is 2.50. The van der Waals surface area contributed by atoms with Crippen LogP contribution >= 0.6 is 11.8 Å². The standard InChI is InChI=1S/C8H15N3OS/c1-3-5-11-7(6-12)9-10-8(11)13-4-2/h12H,3-6H2,1-2H3. The molecule has 0 saturated heterocycles. The summed E-state index contributed by atoms with van der Waals surface area (Å²) in [4.78, 5) is 0. The summed E-state index contributed by atoms with van der Waals surface area (Å²) in [6.45, 7) is 5.03. The second-order valence-electron chi connectivity index (χ2n) is 2.64. The lowest BCUT2D eigenvalue weighted by Gasteiger charge is -2.05. The first-order valence-corrected chi connectivity index (χ1v) is 5.47. The van der Waals surface area contributed by atoms with Crippen LogP contribution in [0.5, 0.6) is 0 Å². The molecule has 0 aliphatic carbocycles. The van der Waals surface area contributed by atoms with E-state index in [9.17, 15) is 0 Å². The van der Waals surface area contributed by atoms with Gasteiger partial charge in [-0.05, 0) is 12.2 Å². The van der Waals surface area contributed by atoms with Crippen molar-refractivity contribution in [1.29, 1.82) is 0 Å². The van der Waals surface area contributed by atoms with Gasteiger partial charge in [0.2, 0.25) is 0 Å². The van der Waals surface area contributed by atoms with Crippen LogP contribution in [-0.2, 0) is 13.2 Å². The Labute approximate surface area is 82.4 Å². The molecule has 0 aromatic carbocycles. The minimum Gasteiger partial charge on any atom is -0.388 e. The number of aliphatic hydroxyl groups excluding tert-OH is 1. The van der Waals surface area contributed by atoms with Crippen LogP contribution in [0.2, 0.25) is 0 Å². The Morgan fingerprint density at radius 3 is 2.69 bits per heavy atom. The molecule has 1 aromatic heterocycles. The van der Waals surface area contributed by atoms with Crippen molar-refractivity contribution in [2.24, 2.45) is 0 Å². The average molecular weight is 201 g/mol. The van der Waals surface area contributed by atoms with E-state index in [2.05, 4.69) is 24.0 Å². The predicted octanol–water partition coefficient (Wildman–Crippen LogP) is 1.29. The molecule has 0 radical (unpaired) electrons. The number of aromatic nitrogens is 3. The van der Waals surface area contributed by atoms with Crippen LogP contribution in [0.15, 0.2) is 5.16 Å². The van der Waals surface area contributed by atoms with E-state index in [-0.39, 0.29) is 6.61 Å². The highest BCUT2D eigenvalue weighted by Gasteiger charge is 2.09. The summed E-state index contributed by atoms with van der Waals surface area (Å²) in [7, 11) is 0. The summed E-state index contributed by atoms with van der Waals surface area (Å²) in [5, 5.41) is 17.8. The fourth-order valence-electron chi connectivity index (χ4n) is 1.12. The first kappa shape index (κ1) is 10.5. The number of hydrogen-bond donors (Lipinski definition) is 1. The highest BCUT2D eigenvalue weighted by Crippen LogP contribution is 2.16. The second kappa shape index (κ2) is 5.24. The summed E-state index contributed by atoms with van der Waals surface area (Å²) >= 11 is 1.66. The highest BCUT2D eigenvalue weighted by molar-refractivity contribution is 7.99. The summed E-state index contributed by atoms with van der Waals surface area (Å²) in [6.07, 6.45) is 1.03. The lowest BCUT2D eigenvalue weighted by molar-refractivity contribution is 0.263. The molecule has 1 heterocycles. The Morgan fingerprint density at radius 2 is 2.15 bits per heavy atom. The summed E-state index contributed by atoms with van der Waals surface area (Å²) in [5.41, 5.74) is 0. The zero-order valence-corrected chi connectivity index (χ0v) is 8.84. The highest BCUT2D eigenvalue weighted by atomic mass is 32.2. The summed E-state index contributed by atoms with van der Waals surface area (Å²) < 4.78 is 1.98. The molecule has 1 N–H and O–H groups in total. The van der Waals surface area contributed by atoms with Crippen molar-refractivity contribution in [3.63, 3.8) is 0 Å². The van der Waals surface area contributed by atoms with Gasteiger partial charge in [-0.3, -0.25) is 0 Å². The Bertz CT molecular complexity index is 262. The molecule has 1 rings (SSSR count). The molecule has 0 amide bonds. The molecule has 0 saturated carbocycles. The third-order valence-electron chi connectivity index (χ3n) is 1.66. The maximum absolute atomic E-state index is 8.99. The summed E-state index contributed by atoms with van der Waals surface area (Å²) in [6, 6.07) is 0. The first-order valence-electron chi connectivity index (χ1n) is 4.49. The van der Waals surface area contributed by atoms with Gasteiger partial charge in [-0.1, -0.05) is 25.6 Å². The summed E-state index contributed by atoms with van der Waals surface area (Å²) in [5.74, 6) is 1.64. The van der Waals surface area contributed by atoms with E-state index < -0.39 is 0 Å². The molecule has 0 bridgehead atoms. The van der Waals surface area contributed by atoms with Gasteiger partial charge in [-0.25, -0.2) is 0 Å². The molecule has 0 aliphatic heterocycles. The van der Waals surface area contributed by atoms with E-state index in [1.807, 2.05) is 4.57 Å². The van der Waals surface area contributed by atoms with Gasteiger partial charge in [-0.15, -0.1) is 10.2 Å². The lowest BCUT2D eigenvalue weighted by Crippen LogP contribution is -2.04. The van der Waals surface area contributed by atoms with Gasteiger partial charge in [-0.2, -0.15) is 0 Å². The minimum atomic E-state index is -0.0305. The van der Waals surface area contributed by atoms with E-state index in [0.717, 1.165) is 23.9 Å². The molecule has 13 heavy (non-hydrogen) atoms. The average Bonchev–Trinajstić information content (AvgIpc) is 2.50. The smallest absolute Gasteiger partial charge is 0.191 e. The fraction of sp³-hybridized carbons (Fsp3) is 0.750. The van der Waals surface area contributed by atoms with Crippen molar-refractivity contribution in [1.82, 2.24) is 14.8 Å². The van der Waals surface area contributed by atoms with Crippen molar-refractivity contribution in [2.75, 3.05) is 5.75 Å². The first-order chi connectivity index (χ1) is 6.33. The van der Waals surface area contributed by atoms with Crippen LogP contribution in [0.25, 0.3) is 0 Å². The minimum absolute atomic E-state index is 0.0305. The van der Waals surface area contributed by atoms with Crippen molar-refractivity contribution < 1.29 is 5.11 Å². The van der Waals surface area contributed by atoms with Crippen molar-refractivity contribution in [3.05, 3.63) is 5.82 Å². The van der Waals surface area contributed by atoms with Crippen molar-refractivity contribution >= 4 is 11.8 Å². The molecule has 0 aliphatic rings. The number of thioether (sulfide) groups is 1. The maximum Gasteiger partial charge on any atom is 0.191 e.